The number of nitrogens with zero attached hydrogens (tertiary/aromatic N) is 4. The first-order chi connectivity index (χ1) is 9.19. The highest BCUT2D eigenvalue weighted by Gasteiger charge is 2.30. The minimum atomic E-state index is -4.41. The van der Waals surface area contributed by atoms with E-state index in [1.165, 1.54) is 18.5 Å². The van der Waals surface area contributed by atoms with E-state index in [1.54, 1.807) is 19.0 Å². The van der Waals surface area contributed by atoms with Gasteiger partial charge in [-0.15, -0.1) is 0 Å². The fourth-order valence-corrected chi connectivity index (χ4v) is 1.29. The highest BCUT2D eigenvalue weighted by Crippen LogP contribution is 2.15. The molecular formula is C12H15F3N4O. The van der Waals surface area contributed by atoms with Gasteiger partial charge in [0.05, 0.1) is 0 Å². The van der Waals surface area contributed by atoms with Gasteiger partial charge in [-0.05, 0) is 6.08 Å². The topological polar surface area (TPSA) is 49.3 Å². The van der Waals surface area contributed by atoms with Crippen molar-refractivity contribution in [3.8, 4) is 0 Å². The van der Waals surface area contributed by atoms with Gasteiger partial charge in [-0.1, -0.05) is 0 Å². The number of halogens is 3. The molecule has 0 N–H and O–H groups in total. The molecule has 0 aliphatic rings. The Balaban J connectivity index is 2.65. The van der Waals surface area contributed by atoms with Crippen molar-refractivity contribution in [2.24, 2.45) is 0 Å². The summed E-state index contributed by atoms with van der Waals surface area (Å²) >= 11 is 0. The Kier molecular flexibility index (Phi) is 5.06. The van der Waals surface area contributed by atoms with Crippen molar-refractivity contribution in [2.45, 2.75) is 6.18 Å². The molecule has 0 atom stereocenters. The van der Waals surface area contributed by atoms with E-state index >= 15 is 0 Å². The Labute approximate surface area is 114 Å². The summed E-state index contributed by atoms with van der Waals surface area (Å²) in [5.41, 5.74) is 0.532. The van der Waals surface area contributed by atoms with E-state index < -0.39 is 18.6 Å². The standard InChI is InChI=1S/C12H15F3N4O/c1-18(2)11-16-6-9(7-17-11)4-5-10(20)19(3)8-12(13,14)15/h4-7H,8H2,1-3H3. The molecule has 1 rings (SSSR count). The van der Waals surface area contributed by atoms with Crippen LogP contribution in [0.3, 0.4) is 0 Å². The fraction of sp³-hybridized carbons (Fsp3) is 0.417. The number of amides is 1. The minimum Gasteiger partial charge on any atom is -0.347 e. The van der Waals surface area contributed by atoms with E-state index in [4.69, 9.17) is 0 Å². The van der Waals surface area contributed by atoms with Crippen LogP contribution in [0.1, 0.15) is 5.56 Å². The SMILES string of the molecule is CN(CC(F)(F)F)C(=O)C=Cc1cnc(N(C)C)nc1. The number of anilines is 1. The van der Waals surface area contributed by atoms with Crippen LogP contribution in [0.5, 0.6) is 0 Å². The van der Waals surface area contributed by atoms with Crippen LogP contribution in [0.2, 0.25) is 0 Å². The lowest BCUT2D eigenvalue weighted by atomic mass is 10.3. The van der Waals surface area contributed by atoms with Crippen LogP contribution < -0.4 is 4.90 Å². The molecule has 0 saturated heterocycles. The molecule has 0 unspecified atom stereocenters. The number of carbonyl (C=O) groups excluding carboxylic acids is 1. The number of alkyl halides is 3. The van der Waals surface area contributed by atoms with Crippen LogP contribution in [0.25, 0.3) is 6.08 Å². The van der Waals surface area contributed by atoms with Gasteiger partial charge < -0.3 is 9.80 Å². The van der Waals surface area contributed by atoms with E-state index in [2.05, 4.69) is 9.97 Å². The number of hydrogen-bond acceptors (Lipinski definition) is 4. The van der Waals surface area contributed by atoms with Gasteiger partial charge in [0.15, 0.2) is 0 Å². The monoisotopic (exact) mass is 288 g/mol. The van der Waals surface area contributed by atoms with E-state index in [9.17, 15) is 18.0 Å². The van der Waals surface area contributed by atoms with Crippen molar-refractivity contribution >= 4 is 17.9 Å². The van der Waals surface area contributed by atoms with Gasteiger partial charge in [0.25, 0.3) is 0 Å². The number of carbonyl (C=O) groups is 1. The predicted molar refractivity (Wildman–Crippen MR) is 69.1 cm³/mol. The lowest BCUT2D eigenvalue weighted by Crippen LogP contribution is -2.34. The van der Waals surface area contributed by atoms with Crippen LogP contribution in [0.4, 0.5) is 19.1 Å². The second-order valence-corrected chi connectivity index (χ2v) is 4.35. The van der Waals surface area contributed by atoms with E-state index in [0.29, 0.717) is 16.4 Å². The number of hydrogen-bond donors (Lipinski definition) is 0. The third kappa shape index (κ3) is 5.25. The molecular weight excluding hydrogens is 273 g/mol. The Morgan fingerprint density at radius 2 is 1.80 bits per heavy atom. The zero-order chi connectivity index (χ0) is 15.3. The Morgan fingerprint density at radius 1 is 1.25 bits per heavy atom. The molecule has 0 bridgehead atoms. The van der Waals surface area contributed by atoms with Gasteiger partial charge >= 0.3 is 6.18 Å². The van der Waals surface area contributed by atoms with E-state index in [1.807, 2.05) is 0 Å². The van der Waals surface area contributed by atoms with Crippen molar-refractivity contribution in [3.05, 3.63) is 24.0 Å². The Hall–Kier alpha value is -2.12. The fourth-order valence-electron chi connectivity index (χ4n) is 1.29. The van der Waals surface area contributed by atoms with E-state index in [-0.39, 0.29) is 0 Å². The zero-order valence-corrected chi connectivity index (χ0v) is 11.3. The maximum Gasteiger partial charge on any atom is 0.406 e. The van der Waals surface area contributed by atoms with Crippen molar-refractivity contribution in [1.29, 1.82) is 0 Å². The summed E-state index contributed by atoms with van der Waals surface area (Å²) in [5, 5.41) is 0. The number of likely N-dealkylation sites (N-methyl/N-ethyl adjacent to an activating group) is 1. The third-order valence-electron chi connectivity index (χ3n) is 2.27. The van der Waals surface area contributed by atoms with Crippen LogP contribution in [-0.2, 0) is 4.79 Å². The number of aromatic nitrogens is 2. The smallest absolute Gasteiger partial charge is 0.347 e. The van der Waals surface area contributed by atoms with Gasteiger partial charge in [0.2, 0.25) is 11.9 Å². The molecule has 1 heterocycles. The maximum atomic E-state index is 12.1. The maximum absolute atomic E-state index is 12.1. The van der Waals surface area contributed by atoms with Gasteiger partial charge in [0, 0.05) is 45.2 Å². The van der Waals surface area contributed by atoms with Gasteiger partial charge in [-0.2, -0.15) is 13.2 Å². The average molecular weight is 288 g/mol. The Bertz CT molecular complexity index is 482. The van der Waals surface area contributed by atoms with Crippen LogP contribution in [-0.4, -0.2) is 54.6 Å². The summed E-state index contributed by atoms with van der Waals surface area (Å²) in [6.07, 6.45) is 0.981. The predicted octanol–water partition coefficient (Wildman–Crippen LogP) is 1.58. The first-order valence-electron chi connectivity index (χ1n) is 5.68. The highest BCUT2D eigenvalue weighted by molar-refractivity contribution is 5.91. The van der Waals surface area contributed by atoms with Crippen LogP contribution >= 0.6 is 0 Å². The van der Waals surface area contributed by atoms with Gasteiger partial charge in [0.1, 0.15) is 6.54 Å². The molecule has 1 aromatic rings. The largest absolute Gasteiger partial charge is 0.406 e. The first kappa shape index (κ1) is 15.9. The van der Waals surface area contributed by atoms with Crippen molar-refractivity contribution in [1.82, 2.24) is 14.9 Å². The molecule has 0 spiro atoms. The van der Waals surface area contributed by atoms with Crippen molar-refractivity contribution < 1.29 is 18.0 Å². The molecule has 8 heteroatoms. The molecule has 0 aromatic carbocycles. The molecule has 110 valence electrons. The molecule has 1 aromatic heterocycles. The second-order valence-electron chi connectivity index (χ2n) is 4.35. The summed E-state index contributed by atoms with van der Waals surface area (Å²) in [4.78, 5) is 21.8. The summed E-state index contributed by atoms with van der Waals surface area (Å²) in [6, 6.07) is 0. The van der Waals surface area contributed by atoms with Crippen molar-refractivity contribution in [3.63, 3.8) is 0 Å². The molecule has 1 amide bonds. The first-order valence-corrected chi connectivity index (χ1v) is 5.68. The lowest BCUT2D eigenvalue weighted by Gasteiger charge is -2.16. The molecule has 0 saturated carbocycles. The molecule has 20 heavy (non-hydrogen) atoms. The van der Waals surface area contributed by atoms with Crippen LogP contribution in [0.15, 0.2) is 18.5 Å². The summed E-state index contributed by atoms with van der Waals surface area (Å²) < 4.78 is 36.3. The summed E-state index contributed by atoms with van der Waals surface area (Å²) in [5.74, 6) is -0.235. The molecule has 5 nitrogen and oxygen atoms in total. The Morgan fingerprint density at radius 3 is 2.25 bits per heavy atom. The normalized spacial score (nSPS) is 11.7. The third-order valence-corrected chi connectivity index (χ3v) is 2.27. The molecule has 0 fully saturated rings. The quantitative estimate of drug-likeness (QED) is 0.789. The highest BCUT2D eigenvalue weighted by atomic mass is 19.4. The van der Waals surface area contributed by atoms with Gasteiger partial charge in [-0.3, -0.25) is 4.79 Å². The molecule has 0 radical (unpaired) electrons. The van der Waals surface area contributed by atoms with Gasteiger partial charge in [-0.25, -0.2) is 9.97 Å². The van der Waals surface area contributed by atoms with E-state index in [0.717, 1.165) is 13.1 Å². The second kappa shape index (κ2) is 6.36. The number of rotatable bonds is 4. The lowest BCUT2D eigenvalue weighted by molar-refractivity contribution is -0.155. The molecule has 0 aliphatic heterocycles. The summed E-state index contributed by atoms with van der Waals surface area (Å²) in [6.45, 7) is -1.29. The van der Waals surface area contributed by atoms with Crippen LogP contribution in [0, 0.1) is 0 Å². The average Bonchev–Trinajstić information content (AvgIpc) is 2.34. The molecule has 0 aliphatic carbocycles. The van der Waals surface area contributed by atoms with Crippen molar-refractivity contribution in [2.75, 3.05) is 32.6 Å². The zero-order valence-electron chi connectivity index (χ0n) is 11.3. The minimum absolute atomic E-state index is 0.502. The summed E-state index contributed by atoms with van der Waals surface area (Å²) in [7, 11) is 4.65.